The lowest BCUT2D eigenvalue weighted by atomic mass is 10.0. The van der Waals surface area contributed by atoms with E-state index in [-0.39, 0.29) is 27.9 Å². The molecule has 196 valence electrons. The third-order valence-corrected chi connectivity index (χ3v) is 5.52. The summed E-state index contributed by atoms with van der Waals surface area (Å²) in [6, 6.07) is 9.55. The van der Waals surface area contributed by atoms with Gasteiger partial charge < -0.3 is 5.11 Å². The molecular formula is C26H18F6N4O2. The Morgan fingerprint density at radius 3 is 2.34 bits per heavy atom. The number of nitrogens with zero attached hydrogens (tertiary/aromatic N) is 3. The molecule has 0 spiro atoms. The van der Waals surface area contributed by atoms with Crippen molar-refractivity contribution in [3.8, 4) is 16.9 Å². The van der Waals surface area contributed by atoms with Crippen molar-refractivity contribution in [2.24, 2.45) is 5.10 Å². The molecule has 0 radical (unpaired) electrons. The van der Waals surface area contributed by atoms with E-state index < -0.39 is 40.8 Å². The quantitative estimate of drug-likeness (QED) is 0.125. The molecule has 2 N–H and O–H groups in total. The van der Waals surface area contributed by atoms with E-state index in [9.17, 15) is 31.1 Å². The highest BCUT2D eigenvalue weighted by molar-refractivity contribution is 5.90. The Kier molecular flexibility index (Phi) is 6.99. The number of alkyl halides is 3. The number of aryl methyl sites for hydroxylation is 2. The summed E-state index contributed by atoms with van der Waals surface area (Å²) in [5, 5.41) is 17.2. The lowest BCUT2D eigenvalue weighted by Gasteiger charge is -2.10. The van der Waals surface area contributed by atoms with E-state index in [2.05, 4.69) is 15.6 Å². The van der Waals surface area contributed by atoms with E-state index in [1.54, 1.807) is 0 Å². The fraction of sp³-hybridized carbons (Fsp3) is 0.115. The van der Waals surface area contributed by atoms with Gasteiger partial charge in [-0.2, -0.15) is 23.4 Å². The van der Waals surface area contributed by atoms with Gasteiger partial charge in [-0.25, -0.2) is 22.6 Å². The van der Waals surface area contributed by atoms with E-state index in [0.29, 0.717) is 17.3 Å². The second kappa shape index (κ2) is 10.0. The number of nitrogens with one attached hydrogen (secondary N) is 1. The maximum absolute atomic E-state index is 14.3. The predicted octanol–water partition coefficient (Wildman–Crippen LogP) is 6.74. The molecule has 0 aliphatic heterocycles. The van der Waals surface area contributed by atoms with Gasteiger partial charge in [0, 0.05) is 17.3 Å². The summed E-state index contributed by atoms with van der Waals surface area (Å²) in [6.07, 6.45) is -2.18. The molecule has 0 atom stereocenters. The number of carboxylic acid groups (broad SMARTS) is 1. The van der Waals surface area contributed by atoms with Gasteiger partial charge >= 0.3 is 12.1 Å². The molecule has 4 rings (SSSR count). The van der Waals surface area contributed by atoms with Crippen molar-refractivity contribution in [2.75, 3.05) is 5.43 Å². The van der Waals surface area contributed by atoms with Crippen molar-refractivity contribution < 1.29 is 36.2 Å². The van der Waals surface area contributed by atoms with Crippen molar-refractivity contribution in [3.63, 3.8) is 0 Å². The first-order valence-corrected chi connectivity index (χ1v) is 10.9. The van der Waals surface area contributed by atoms with Gasteiger partial charge in [-0.15, -0.1) is 0 Å². The molecule has 0 fully saturated rings. The number of anilines is 1. The number of halogens is 6. The van der Waals surface area contributed by atoms with Gasteiger partial charge in [-0.3, -0.25) is 5.43 Å². The van der Waals surface area contributed by atoms with E-state index in [4.69, 9.17) is 5.11 Å². The fourth-order valence-electron chi connectivity index (χ4n) is 3.67. The molecule has 1 heterocycles. The number of benzene rings is 3. The summed E-state index contributed by atoms with van der Waals surface area (Å²) < 4.78 is 83.8. The molecular weight excluding hydrogens is 514 g/mol. The number of hydrogen-bond acceptors (Lipinski definition) is 4. The van der Waals surface area contributed by atoms with E-state index in [1.807, 2.05) is 0 Å². The first-order valence-electron chi connectivity index (χ1n) is 10.9. The van der Waals surface area contributed by atoms with Gasteiger partial charge in [0.1, 0.15) is 11.4 Å². The molecule has 0 unspecified atom stereocenters. The zero-order valence-corrected chi connectivity index (χ0v) is 19.7. The van der Waals surface area contributed by atoms with Gasteiger partial charge in [-0.05, 0) is 73.5 Å². The van der Waals surface area contributed by atoms with Crippen molar-refractivity contribution in [1.29, 1.82) is 0 Å². The second-order valence-electron chi connectivity index (χ2n) is 8.36. The predicted molar refractivity (Wildman–Crippen MR) is 128 cm³/mol. The smallest absolute Gasteiger partial charge is 0.416 e. The molecule has 3 aromatic carbocycles. The topological polar surface area (TPSA) is 79.5 Å². The third kappa shape index (κ3) is 5.38. The normalized spacial score (nSPS) is 11.8. The van der Waals surface area contributed by atoms with Crippen molar-refractivity contribution >= 4 is 17.9 Å². The molecule has 38 heavy (non-hydrogen) atoms. The molecule has 0 bridgehead atoms. The molecule has 0 saturated heterocycles. The molecule has 0 aliphatic carbocycles. The Hall–Kier alpha value is -4.61. The summed E-state index contributed by atoms with van der Waals surface area (Å²) in [5.41, 5.74) is 1.15. The third-order valence-electron chi connectivity index (χ3n) is 5.52. The Labute approximate surface area is 211 Å². The van der Waals surface area contributed by atoms with Crippen molar-refractivity contribution in [3.05, 3.63) is 100.0 Å². The van der Waals surface area contributed by atoms with Gasteiger partial charge in [0.2, 0.25) is 0 Å². The van der Waals surface area contributed by atoms with Crippen LogP contribution in [0.25, 0.3) is 16.9 Å². The zero-order valence-electron chi connectivity index (χ0n) is 19.7. The molecule has 6 nitrogen and oxygen atoms in total. The average molecular weight is 532 g/mol. The highest BCUT2D eigenvalue weighted by Gasteiger charge is 2.31. The van der Waals surface area contributed by atoms with Crippen LogP contribution in [0.5, 0.6) is 0 Å². The van der Waals surface area contributed by atoms with Crippen LogP contribution in [0.4, 0.5) is 32.0 Å². The molecule has 12 heteroatoms. The van der Waals surface area contributed by atoms with E-state index in [0.717, 1.165) is 18.3 Å². The standard InChI is InChI=1S/C26H18F6N4O2/c1-13-7-16(10-18(8-13)26(30,31)32)23-17(11-33-34-24-21(28)14(2)9-20(27)22(24)29)12-36(35-23)19-5-3-15(4-6-19)25(37)38/h3-12,34H,1-2H3,(H,37,38)/b33-11+. The summed E-state index contributed by atoms with van der Waals surface area (Å²) in [4.78, 5) is 11.1. The summed E-state index contributed by atoms with van der Waals surface area (Å²) in [7, 11) is 0. The van der Waals surface area contributed by atoms with Crippen LogP contribution in [-0.2, 0) is 6.18 Å². The number of carbonyl (C=O) groups is 1. The first kappa shape index (κ1) is 26.5. The summed E-state index contributed by atoms with van der Waals surface area (Å²) in [5.74, 6) is -5.00. The van der Waals surface area contributed by atoms with E-state index in [1.165, 1.54) is 55.1 Å². The highest BCUT2D eigenvalue weighted by atomic mass is 19.4. The number of carboxylic acids is 1. The number of hydrogen-bond donors (Lipinski definition) is 2. The minimum Gasteiger partial charge on any atom is -0.478 e. The van der Waals surface area contributed by atoms with Crippen LogP contribution in [0.3, 0.4) is 0 Å². The van der Waals surface area contributed by atoms with Gasteiger partial charge in [0.25, 0.3) is 0 Å². The Balaban J connectivity index is 1.80. The van der Waals surface area contributed by atoms with Crippen LogP contribution in [0.15, 0.2) is 59.8 Å². The summed E-state index contributed by atoms with van der Waals surface area (Å²) in [6.45, 7) is 2.72. The van der Waals surface area contributed by atoms with Crippen LogP contribution in [0, 0.1) is 31.3 Å². The Bertz CT molecular complexity index is 1530. The van der Waals surface area contributed by atoms with Crippen LogP contribution in [0.1, 0.15) is 32.6 Å². The van der Waals surface area contributed by atoms with Gasteiger partial charge in [-0.1, -0.05) is 0 Å². The maximum atomic E-state index is 14.3. The molecule has 0 amide bonds. The Morgan fingerprint density at radius 1 is 1.03 bits per heavy atom. The zero-order chi connectivity index (χ0) is 27.8. The van der Waals surface area contributed by atoms with Gasteiger partial charge in [0.15, 0.2) is 17.5 Å². The minimum absolute atomic E-state index is 0.00931. The van der Waals surface area contributed by atoms with Crippen molar-refractivity contribution in [1.82, 2.24) is 9.78 Å². The molecule has 0 saturated carbocycles. The average Bonchev–Trinajstić information content (AvgIpc) is 3.28. The van der Waals surface area contributed by atoms with Crippen LogP contribution in [-0.4, -0.2) is 27.1 Å². The van der Waals surface area contributed by atoms with Crippen LogP contribution >= 0.6 is 0 Å². The van der Waals surface area contributed by atoms with Crippen LogP contribution in [0.2, 0.25) is 0 Å². The fourth-order valence-corrected chi connectivity index (χ4v) is 3.67. The minimum atomic E-state index is -4.63. The number of aromatic nitrogens is 2. The van der Waals surface area contributed by atoms with Gasteiger partial charge in [0.05, 0.1) is 23.0 Å². The molecule has 0 aliphatic rings. The lowest BCUT2D eigenvalue weighted by Crippen LogP contribution is -2.06. The monoisotopic (exact) mass is 532 g/mol. The van der Waals surface area contributed by atoms with Crippen molar-refractivity contribution in [2.45, 2.75) is 20.0 Å². The highest BCUT2D eigenvalue weighted by Crippen LogP contribution is 2.34. The Morgan fingerprint density at radius 2 is 1.71 bits per heavy atom. The number of hydrazone groups is 1. The SMILES string of the molecule is Cc1cc(-c2nn(-c3ccc(C(=O)O)cc3)cc2/C=N/Nc2c(F)c(C)cc(F)c2F)cc(C(F)(F)F)c1. The van der Waals surface area contributed by atoms with Crippen LogP contribution < -0.4 is 5.43 Å². The largest absolute Gasteiger partial charge is 0.478 e. The summed E-state index contributed by atoms with van der Waals surface area (Å²) >= 11 is 0. The maximum Gasteiger partial charge on any atom is 0.416 e. The first-order chi connectivity index (χ1) is 17.8. The molecule has 1 aromatic heterocycles. The molecule has 4 aromatic rings. The number of rotatable bonds is 6. The van der Waals surface area contributed by atoms with E-state index >= 15 is 0 Å². The second-order valence-corrected chi connectivity index (χ2v) is 8.36. The lowest BCUT2D eigenvalue weighted by molar-refractivity contribution is -0.137. The number of aromatic carboxylic acids is 1.